The normalized spacial score (nSPS) is 33.1. The molecule has 0 radical (unpaired) electrons. The summed E-state index contributed by atoms with van der Waals surface area (Å²) >= 11 is 0. The van der Waals surface area contributed by atoms with E-state index in [0.29, 0.717) is 10.8 Å². The van der Waals surface area contributed by atoms with E-state index in [0.717, 1.165) is 54.8 Å². The number of esters is 1. The van der Waals surface area contributed by atoms with Crippen LogP contribution in [0.4, 0.5) is 0 Å². The van der Waals surface area contributed by atoms with Gasteiger partial charge in [-0.2, -0.15) is 0 Å². The maximum atomic E-state index is 13.1. The van der Waals surface area contributed by atoms with Crippen molar-refractivity contribution in [3.05, 3.63) is 11.6 Å². The van der Waals surface area contributed by atoms with Gasteiger partial charge in [-0.05, 0) is 97.7 Å². The van der Waals surface area contributed by atoms with E-state index in [1.54, 1.807) is 5.57 Å². The SMILES string of the molecule is CCCCCCCCCCCCCCCC(C)C(=O)O[C@H]1CC[C@@]2(C)C(=CC[C@H]3[C@@H]4CC[C@H]([C@H](C)CCCC(C)C)[C@@]4(C)CC[C@@H]32)C1. The molecular formula is C45H80O2. The molecule has 2 heteroatoms. The van der Waals surface area contributed by atoms with Crippen LogP contribution < -0.4 is 0 Å². The molecule has 1 unspecified atom stereocenters. The summed E-state index contributed by atoms with van der Waals surface area (Å²) in [4.78, 5) is 13.1. The summed E-state index contributed by atoms with van der Waals surface area (Å²) in [5.74, 6) is 5.37. The highest BCUT2D eigenvalue weighted by molar-refractivity contribution is 5.72. The summed E-state index contributed by atoms with van der Waals surface area (Å²) in [6, 6.07) is 0. The molecule has 0 aliphatic heterocycles. The number of rotatable bonds is 21. The van der Waals surface area contributed by atoms with Crippen LogP contribution in [0.1, 0.15) is 209 Å². The third-order valence-electron chi connectivity index (χ3n) is 14.7. The highest BCUT2D eigenvalue weighted by Crippen LogP contribution is 2.67. The quantitative estimate of drug-likeness (QED) is 0.0700. The zero-order valence-electron chi connectivity index (χ0n) is 32.7. The lowest BCUT2D eigenvalue weighted by molar-refractivity contribution is -0.156. The van der Waals surface area contributed by atoms with Gasteiger partial charge in [0.25, 0.3) is 0 Å². The smallest absolute Gasteiger partial charge is 0.308 e. The predicted molar refractivity (Wildman–Crippen MR) is 202 cm³/mol. The van der Waals surface area contributed by atoms with Crippen molar-refractivity contribution < 1.29 is 9.53 Å². The average molecular weight is 653 g/mol. The molecule has 0 aromatic heterocycles. The van der Waals surface area contributed by atoms with Gasteiger partial charge < -0.3 is 4.74 Å². The van der Waals surface area contributed by atoms with Crippen LogP contribution in [-0.2, 0) is 9.53 Å². The fourth-order valence-electron chi connectivity index (χ4n) is 11.6. The Morgan fingerprint density at radius 3 is 2.02 bits per heavy atom. The molecule has 0 aromatic rings. The van der Waals surface area contributed by atoms with Crippen LogP contribution in [0.3, 0.4) is 0 Å². The average Bonchev–Trinajstić information content (AvgIpc) is 3.40. The molecule has 0 bridgehead atoms. The first-order chi connectivity index (χ1) is 22.6. The molecule has 9 atom stereocenters. The molecule has 4 rings (SSSR count). The topological polar surface area (TPSA) is 26.3 Å². The van der Waals surface area contributed by atoms with Crippen molar-refractivity contribution in [3.8, 4) is 0 Å². The van der Waals surface area contributed by atoms with Crippen LogP contribution in [0.15, 0.2) is 11.6 Å². The Balaban J connectivity index is 1.15. The van der Waals surface area contributed by atoms with Gasteiger partial charge in [-0.1, -0.05) is 163 Å². The molecular weight excluding hydrogens is 572 g/mol. The van der Waals surface area contributed by atoms with E-state index >= 15 is 0 Å². The van der Waals surface area contributed by atoms with Gasteiger partial charge in [0.1, 0.15) is 6.10 Å². The highest BCUT2D eigenvalue weighted by Gasteiger charge is 2.59. The highest BCUT2D eigenvalue weighted by atomic mass is 16.5. The molecule has 0 spiro atoms. The Labute approximate surface area is 293 Å². The first-order valence-electron chi connectivity index (χ1n) is 21.5. The number of allylic oxidation sites excluding steroid dienone is 1. The van der Waals surface area contributed by atoms with Gasteiger partial charge in [0.05, 0.1) is 5.92 Å². The van der Waals surface area contributed by atoms with Gasteiger partial charge in [-0.25, -0.2) is 0 Å². The second kappa shape index (κ2) is 19.0. The lowest BCUT2D eigenvalue weighted by atomic mass is 9.47. The summed E-state index contributed by atoms with van der Waals surface area (Å²) in [6.07, 6.45) is 36.2. The van der Waals surface area contributed by atoms with E-state index in [4.69, 9.17) is 4.74 Å². The van der Waals surface area contributed by atoms with Gasteiger partial charge in [-0.3, -0.25) is 4.79 Å². The number of hydrogen-bond donors (Lipinski definition) is 0. The Kier molecular flexibility index (Phi) is 15.8. The lowest BCUT2D eigenvalue weighted by Crippen LogP contribution is -2.51. The van der Waals surface area contributed by atoms with E-state index in [1.165, 1.54) is 141 Å². The van der Waals surface area contributed by atoms with Gasteiger partial charge in [0, 0.05) is 6.42 Å². The third-order valence-corrected chi connectivity index (χ3v) is 14.7. The van der Waals surface area contributed by atoms with Crippen LogP contribution >= 0.6 is 0 Å². The fraction of sp³-hybridized carbons (Fsp3) is 0.933. The Morgan fingerprint density at radius 2 is 1.38 bits per heavy atom. The Bertz CT molecular complexity index is 950. The van der Waals surface area contributed by atoms with E-state index < -0.39 is 0 Å². The number of ether oxygens (including phenoxy) is 1. The van der Waals surface area contributed by atoms with Crippen molar-refractivity contribution in [2.45, 2.75) is 215 Å². The predicted octanol–water partition coefficient (Wildman–Crippen LogP) is 14.1. The lowest BCUT2D eigenvalue weighted by Gasteiger charge is -2.58. The van der Waals surface area contributed by atoms with Crippen LogP contribution in [0.2, 0.25) is 0 Å². The molecule has 272 valence electrons. The van der Waals surface area contributed by atoms with Crippen molar-refractivity contribution in [2.75, 3.05) is 0 Å². The van der Waals surface area contributed by atoms with Crippen LogP contribution in [0.5, 0.6) is 0 Å². The number of fused-ring (bicyclic) bond motifs is 5. The summed E-state index contributed by atoms with van der Waals surface area (Å²) in [7, 11) is 0. The monoisotopic (exact) mass is 653 g/mol. The van der Waals surface area contributed by atoms with Crippen molar-refractivity contribution in [3.63, 3.8) is 0 Å². The maximum absolute atomic E-state index is 13.1. The first-order valence-corrected chi connectivity index (χ1v) is 21.5. The van der Waals surface area contributed by atoms with Crippen molar-refractivity contribution >= 4 is 5.97 Å². The minimum atomic E-state index is 0.0415. The molecule has 3 fully saturated rings. The van der Waals surface area contributed by atoms with Crippen LogP contribution in [-0.4, -0.2) is 12.1 Å². The minimum Gasteiger partial charge on any atom is -0.462 e. The minimum absolute atomic E-state index is 0.0415. The third kappa shape index (κ3) is 10.4. The zero-order chi connectivity index (χ0) is 33.9. The van der Waals surface area contributed by atoms with E-state index in [2.05, 4.69) is 54.5 Å². The number of carbonyl (C=O) groups excluding carboxylic acids is 1. The van der Waals surface area contributed by atoms with Gasteiger partial charge >= 0.3 is 5.97 Å². The van der Waals surface area contributed by atoms with Gasteiger partial charge in [0.2, 0.25) is 0 Å². The second-order valence-corrected chi connectivity index (χ2v) is 18.5. The molecule has 0 heterocycles. The number of hydrogen-bond acceptors (Lipinski definition) is 2. The summed E-state index contributed by atoms with van der Waals surface area (Å²) in [5.41, 5.74) is 2.53. The fourth-order valence-corrected chi connectivity index (χ4v) is 11.6. The molecule has 0 N–H and O–H groups in total. The summed E-state index contributed by atoms with van der Waals surface area (Å²) in [5, 5.41) is 0. The van der Waals surface area contributed by atoms with E-state index in [-0.39, 0.29) is 18.0 Å². The van der Waals surface area contributed by atoms with E-state index in [9.17, 15) is 4.79 Å². The second-order valence-electron chi connectivity index (χ2n) is 18.5. The maximum Gasteiger partial charge on any atom is 0.308 e. The first kappa shape index (κ1) is 39.0. The molecule has 3 saturated carbocycles. The molecule has 4 aliphatic carbocycles. The van der Waals surface area contributed by atoms with Crippen LogP contribution in [0, 0.1) is 52.3 Å². The standard InChI is InChI=1S/C45H80O2/c1-8-9-10-11-12-13-14-15-16-17-18-19-20-23-36(5)43(46)47-38-29-31-44(6)37(33-38)25-26-39-41-28-27-40(35(4)24-21-22-34(2)3)45(41,7)32-30-42(39)44/h25,34-36,38-42H,8-24,26-33H2,1-7H3/t35-,36?,38+,39+,40-,41+,42+,44+,45-/m1/s1. The molecule has 47 heavy (non-hydrogen) atoms. The van der Waals surface area contributed by atoms with E-state index in [1.807, 2.05) is 0 Å². The molecule has 0 saturated heterocycles. The molecule has 0 amide bonds. The summed E-state index contributed by atoms with van der Waals surface area (Å²) < 4.78 is 6.24. The Hall–Kier alpha value is -0.790. The molecule has 4 aliphatic rings. The zero-order valence-corrected chi connectivity index (χ0v) is 32.7. The van der Waals surface area contributed by atoms with Crippen molar-refractivity contribution in [2.24, 2.45) is 52.3 Å². The Morgan fingerprint density at radius 1 is 0.745 bits per heavy atom. The van der Waals surface area contributed by atoms with Crippen molar-refractivity contribution in [1.82, 2.24) is 0 Å². The molecule has 2 nitrogen and oxygen atoms in total. The molecule has 0 aromatic carbocycles. The van der Waals surface area contributed by atoms with Crippen LogP contribution in [0.25, 0.3) is 0 Å². The van der Waals surface area contributed by atoms with Gasteiger partial charge in [0.15, 0.2) is 0 Å². The number of unbranched alkanes of at least 4 members (excludes halogenated alkanes) is 12. The number of carbonyl (C=O) groups is 1. The van der Waals surface area contributed by atoms with Crippen molar-refractivity contribution in [1.29, 1.82) is 0 Å². The van der Waals surface area contributed by atoms with Gasteiger partial charge in [-0.15, -0.1) is 0 Å². The summed E-state index contributed by atoms with van der Waals surface area (Å²) in [6.45, 7) is 17.1. The largest absolute Gasteiger partial charge is 0.462 e.